The van der Waals surface area contributed by atoms with Crippen molar-refractivity contribution in [1.82, 2.24) is 5.32 Å². The van der Waals surface area contributed by atoms with Gasteiger partial charge in [-0.3, -0.25) is 4.79 Å². The molecule has 0 aliphatic carbocycles. The summed E-state index contributed by atoms with van der Waals surface area (Å²) in [6, 6.07) is 5.85. The fraction of sp³-hybridized carbons (Fsp3) is 0.500. The van der Waals surface area contributed by atoms with Crippen LogP contribution in [-0.4, -0.2) is 38.2 Å². The summed E-state index contributed by atoms with van der Waals surface area (Å²) in [5.41, 5.74) is 2.82. The SMILES string of the molecule is CNCC(=Cc1ccc(C)cc1C=O)B1OC(C)(C)C(C)(C)O1. The van der Waals surface area contributed by atoms with Gasteiger partial charge >= 0.3 is 7.12 Å². The molecule has 1 aromatic rings. The Morgan fingerprint density at radius 3 is 2.30 bits per heavy atom. The number of aryl methyl sites for hydroxylation is 1. The highest BCUT2D eigenvalue weighted by Gasteiger charge is 2.52. The van der Waals surface area contributed by atoms with Crippen LogP contribution in [0, 0.1) is 6.92 Å². The highest BCUT2D eigenvalue weighted by Crippen LogP contribution is 2.38. The van der Waals surface area contributed by atoms with E-state index in [1.54, 1.807) is 0 Å². The smallest absolute Gasteiger partial charge is 0.400 e. The first kappa shape index (κ1) is 17.9. The molecule has 1 heterocycles. The van der Waals surface area contributed by atoms with Gasteiger partial charge in [0.05, 0.1) is 11.2 Å². The number of benzene rings is 1. The maximum Gasteiger partial charge on any atom is 0.491 e. The highest BCUT2D eigenvalue weighted by atomic mass is 16.7. The van der Waals surface area contributed by atoms with E-state index in [-0.39, 0.29) is 11.2 Å². The number of carbonyl (C=O) groups is 1. The van der Waals surface area contributed by atoms with E-state index in [0.29, 0.717) is 12.1 Å². The van der Waals surface area contributed by atoms with Crippen molar-refractivity contribution in [3.63, 3.8) is 0 Å². The number of likely N-dealkylation sites (N-methyl/N-ethyl adjacent to an activating group) is 1. The molecule has 0 radical (unpaired) electrons. The molecule has 0 saturated carbocycles. The molecular weight excluding hydrogens is 289 g/mol. The summed E-state index contributed by atoms with van der Waals surface area (Å²) in [5, 5.41) is 3.15. The first-order valence-corrected chi connectivity index (χ1v) is 7.97. The third kappa shape index (κ3) is 3.74. The van der Waals surface area contributed by atoms with Crippen molar-refractivity contribution in [3.05, 3.63) is 40.4 Å². The Labute approximate surface area is 139 Å². The number of hydrogen-bond donors (Lipinski definition) is 1. The molecule has 1 aromatic carbocycles. The lowest BCUT2D eigenvalue weighted by Crippen LogP contribution is -2.41. The molecule has 1 fully saturated rings. The predicted molar refractivity (Wildman–Crippen MR) is 94.6 cm³/mol. The molecule has 1 aliphatic heterocycles. The largest absolute Gasteiger partial charge is 0.491 e. The van der Waals surface area contributed by atoms with Gasteiger partial charge in [-0.25, -0.2) is 0 Å². The zero-order valence-corrected chi connectivity index (χ0v) is 14.9. The van der Waals surface area contributed by atoms with E-state index < -0.39 is 7.12 Å². The Hall–Kier alpha value is -1.43. The normalized spacial score (nSPS) is 19.9. The summed E-state index contributed by atoms with van der Waals surface area (Å²) >= 11 is 0. The lowest BCUT2D eigenvalue weighted by molar-refractivity contribution is 0.00578. The summed E-state index contributed by atoms with van der Waals surface area (Å²) in [5.74, 6) is 0. The second kappa shape index (κ2) is 6.60. The summed E-state index contributed by atoms with van der Waals surface area (Å²) < 4.78 is 12.3. The zero-order chi connectivity index (χ0) is 17.3. The van der Waals surface area contributed by atoms with E-state index >= 15 is 0 Å². The van der Waals surface area contributed by atoms with Crippen molar-refractivity contribution in [3.8, 4) is 0 Å². The van der Waals surface area contributed by atoms with Gasteiger partial charge in [0.25, 0.3) is 0 Å². The lowest BCUT2D eigenvalue weighted by atomic mass is 9.76. The predicted octanol–water partition coefficient (Wildman–Crippen LogP) is 3.04. The van der Waals surface area contributed by atoms with E-state index in [4.69, 9.17) is 9.31 Å². The number of nitrogens with one attached hydrogen (secondary N) is 1. The molecule has 5 heteroatoms. The minimum Gasteiger partial charge on any atom is -0.400 e. The molecule has 1 saturated heterocycles. The second-order valence-corrected chi connectivity index (χ2v) is 7.09. The molecule has 0 amide bonds. The van der Waals surface area contributed by atoms with Crippen molar-refractivity contribution in [2.75, 3.05) is 13.6 Å². The van der Waals surface area contributed by atoms with Crippen molar-refractivity contribution in [2.45, 2.75) is 45.8 Å². The Bertz CT molecular complexity index is 607. The van der Waals surface area contributed by atoms with E-state index in [0.717, 1.165) is 22.9 Å². The molecule has 4 nitrogen and oxygen atoms in total. The van der Waals surface area contributed by atoms with Crippen LogP contribution >= 0.6 is 0 Å². The topological polar surface area (TPSA) is 47.6 Å². The Balaban J connectivity index is 2.38. The van der Waals surface area contributed by atoms with Crippen LogP contribution in [0.25, 0.3) is 6.08 Å². The number of carbonyl (C=O) groups excluding carboxylic acids is 1. The van der Waals surface area contributed by atoms with E-state index in [1.807, 2.05) is 65.9 Å². The molecule has 0 bridgehead atoms. The van der Waals surface area contributed by atoms with Crippen molar-refractivity contribution in [1.29, 1.82) is 0 Å². The van der Waals surface area contributed by atoms with Gasteiger partial charge in [-0.05, 0) is 58.8 Å². The standard InChI is InChI=1S/C18H26BNO3/c1-13-7-8-14(15(9-13)12-21)10-16(11-20-6)19-22-17(2,3)18(4,5)23-19/h7-10,12,20H,11H2,1-6H3. The number of aldehydes is 1. The summed E-state index contributed by atoms with van der Waals surface area (Å²) in [4.78, 5) is 11.3. The fourth-order valence-corrected chi connectivity index (χ4v) is 2.53. The lowest BCUT2D eigenvalue weighted by Gasteiger charge is -2.32. The summed E-state index contributed by atoms with van der Waals surface area (Å²) in [6.45, 7) is 10.7. The van der Waals surface area contributed by atoms with Gasteiger partial charge < -0.3 is 14.6 Å². The van der Waals surface area contributed by atoms with E-state index in [2.05, 4.69) is 5.32 Å². The molecule has 0 unspecified atom stereocenters. The molecule has 124 valence electrons. The van der Waals surface area contributed by atoms with Crippen LogP contribution in [0.2, 0.25) is 0 Å². The number of rotatable bonds is 5. The Morgan fingerprint density at radius 2 is 1.78 bits per heavy atom. The molecule has 0 spiro atoms. The van der Waals surface area contributed by atoms with Gasteiger partial charge in [0.1, 0.15) is 0 Å². The van der Waals surface area contributed by atoms with Gasteiger partial charge in [-0.15, -0.1) is 0 Å². The molecule has 1 aliphatic rings. The van der Waals surface area contributed by atoms with Crippen LogP contribution in [0.15, 0.2) is 23.7 Å². The summed E-state index contributed by atoms with van der Waals surface area (Å²) in [6.07, 6.45) is 2.88. The minimum absolute atomic E-state index is 0.384. The molecular formula is C18H26BNO3. The maximum absolute atomic E-state index is 11.3. The average molecular weight is 315 g/mol. The van der Waals surface area contributed by atoms with E-state index in [1.165, 1.54) is 0 Å². The van der Waals surface area contributed by atoms with Gasteiger partial charge in [0.2, 0.25) is 0 Å². The molecule has 23 heavy (non-hydrogen) atoms. The monoisotopic (exact) mass is 315 g/mol. The quantitative estimate of drug-likeness (QED) is 0.670. The third-order valence-corrected chi connectivity index (χ3v) is 4.65. The minimum atomic E-state index is -0.423. The van der Waals surface area contributed by atoms with Gasteiger partial charge in [0.15, 0.2) is 6.29 Å². The van der Waals surface area contributed by atoms with Crippen molar-refractivity contribution in [2.24, 2.45) is 0 Å². The Morgan fingerprint density at radius 1 is 1.17 bits per heavy atom. The number of hydrogen-bond acceptors (Lipinski definition) is 4. The van der Waals surface area contributed by atoms with Crippen LogP contribution in [0.1, 0.15) is 49.2 Å². The third-order valence-electron chi connectivity index (χ3n) is 4.65. The van der Waals surface area contributed by atoms with Crippen LogP contribution < -0.4 is 5.32 Å². The average Bonchev–Trinajstić information content (AvgIpc) is 2.68. The molecule has 2 rings (SSSR count). The van der Waals surface area contributed by atoms with Crippen molar-refractivity contribution >= 4 is 19.5 Å². The van der Waals surface area contributed by atoms with Crippen molar-refractivity contribution < 1.29 is 14.1 Å². The van der Waals surface area contributed by atoms with Crippen LogP contribution in [0.3, 0.4) is 0 Å². The Kier molecular flexibility index (Phi) is 5.14. The summed E-state index contributed by atoms with van der Waals surface area (Å²) in [7, 11) is 1.46. The zero-order valence-electron chi connectivity index (χ0n) is 14.9. The first-order chi connectivity index (χ1) is 10.7. The van der Waals surface area contributed by atoms with E-state index in [9.17, 15) is 4.79 Å². The first-order valence-electron chi connectivity index (χ1n) is 7.97. The molecule has 1 N–H and O–H groups in total. The molecule has 0 atom stereocenters. The highest BCUT2D eigenvalue weighted by molar-refractivity contribution is 6.56. The van der Waals surface area contributed by atoms with Crippen LogP contribution in [0.4, 0.5) is 0 Å². The van der Waals surface area contributed by atoms with Gasteiger partial charge in [-0.1, -0.05) is 23.8 Å². The van der Waals surface area contributed by atoms with Crippen LogP contribution in [-0.2, 0) is 9.31 Å². The second-order valence-electron chi connectivity index (χ2n) is 7.09. The van der Waals surface area contributed by atoms with Crippen LogP contribution in [0.5, 0.6) is 0 Å². The van der Waals surface area contributed by atoms with Gasteiger partial charge in [-0.2, -0.15) is 0 Å². The maximum atomic E-state index is 11.3. The van der Waals surface area contributed by atoms with Gasteiger partial charge in [0, 0.05) is 12.1 Å². The fourth-order valence-electron chi connectivity index (χ4n) is 2.53. The molecule has 0 aromatic heterocycles.